The Morgan fingerprint density at radius 1 is 1.29 bits per heavy atom. The molecule has 1 unspecified atom stereocenters. The Labute approximate surface area is 162 Å². The minimum Gasteiger partial charge on any atom is -0.480 e. The SMILES string of the molecule is Cc1cnc(N=C(N)N)c2cc(S(=O)(=O)NC(CCCCN)C(=O)O)ccc12. The number of hydrogen-bond donors (Lipinski definition) is 5. The number of rotatable bonds is 9. The van der Waals surface area contributed by atoms with Crippen LogP contribution in [0.5, 0.6) is 0 Å². The van der Waals surface area contributed by atoms with Crippen LogP contribution in [0.25, 0.3) is 10.8 Å². The molecule has 0 fully saturated rings. The predicted octanol–water partition coefficient (Wildman–Crippen LogP) is 0.309. The zero-order chi connectivity index (χ0) is 20.9. The molecule has 0 radical (unpaired) electrons. The molecule has 0 saturated heterocycles. The van der Waals surface area contributed by atoms with Crippen LogP contribution in [0, 0.1) is 6.92 Å². The molecule has 0 aliphatic rings. The molecule has 0 amide bonds. The molecule has 10 nitrogen and oxygen atoms in total. The molecule has 0 aliphatic carbocycles. The van der Waals surface area contributed by atoms with Gasteiger partial charge in [0.15, 0.2) is 11.8 Å². The van der Waals surface area contributed by atoms with E-state index in [9.17, 15) is 18.3 Å². The highest BCUT2D eigenvalue weighted by atomic mass is 32.2. The van der Waals surface area contributed by atoms with Gasteiger partial charge in [0.2, 0.25) is 10.0 Å². The smallest absolute Gasteiger partial charge is 0.321 e. The molecule has 2 rings (SSSR count). The zero-order valence-electron chi connectivity index (χ0n) is 15.4. The summed E-state index contributed by atoms with van der Waals surface area (Å²) in [6, 6.07) is 3.13. The lowest BCUT2D eigenvalue weighted by Gasteiger charge is -2.15. The minimum atomic E-state index is -4.09. The zero-order valence-corrected chi connectivity index (χ0v) is 16.2. The van der Waals surface area contributed by atoms with Gasteiger partial charge in [-0.15, -0.1) is 0 Å². The number of fused-ring (bicyclic) bond motifs is 1. The lowest BCUT2D eigenvalue weighted by molar-refractivity contribution is -0.139. The van der Waals surface area contributed by atoms with Gasteiger partial charge in [0.25, 0.3) is 0 Å². The van der Waals surface area contributed by atoms with E-state index in [0.717, 1.165) is 10.9 Å². The van der Waals surface area contributed by atoms with Crippen molar-refractivity contribution in [2.45, 2.75) is 37.1 Å². The number of hydrogen-bond acceptors (Lipinski definition) is 6. The summed E-state index contributed by atoms with van der Waals surface area (Å²) in [6.07, 6.45) is 2.81. The van der Waals surface area contributed by atoms with Crippen molar-refractivity contribution in [3.05, 3.63) is 30.0 Å². The van der Waals surface area contributed by atoms with Gasteiger partial charge < -0.3 is 22.3 Å². The maximum atomic E-state index is 12.7. The van der Waals surface area contributed by atoms with Crippen molar-refractivity contribution in [3.8, 4) is 0 Å². The van der Waals surface area contributed by atoms with Crippen LogP contribution in [0.4, 0.5) is 5.82 Å². The number of nitrogens with one attached hydrogen (secondary N) is 1. The number of unbranched alkanes of at least 4 members (excludes halogenated alkanes) is 1. The fraction of sp³-hybridized carbons (Fsp3) is 0.353. The number of aromatic nitrogens is 1. The highest BCUT2D eigenvalue weighted by Crippen LogP contribution is 2.28. The molecule has 0 spiro atoms. The number of aryl methyl sites for hydroxylation is 1. The van der Waals surface area contributed by atoms with E-state index in [1.807, 2.05) is 6.92 Å². The Morgan fingerprint density at radius 2 is 2.00 bits per heavy atom. The van der Waals surface area contributed by atoms with Crippen molar-refractivity contribution < 1.29 is 18.3 Å². The number of benzene rings is 1. The van der Waals surface area contributed by atoms with Gasteiger partial charge in [0.05, 0.1) is 4.90 Å². The Bertz CT molecular complexity index is 1000. The summed E-state index contributed by atoms with van der Waals surface area (Å²) in [4.78, 5) is 19.4. The first kappa shape index (κ1) is 21.5. The number of carboxylic acids is 1. The topological polar surface area (TPSA) is 187 Å². The summed E-state index contributed by atoms with van der Waals surface area (Å²) in [5.41, 5.74) is 17.0. The van der Waals surface area contributed by atoms with Crippen LogP contribution in [0.2, 0.25) is 0 Å². The van der Waals surface area contributed by atoms with Crippen LogP contribution in [-0.4, -0.2) is 43.0 Å². The fourth-order valence-corrected chi connectivity index (χ4v) is 3.96. The molecule has 8 N–H and O–H groups in total. The molecule has 152 valence electrons. The Kier molecular flexibility index (Phi) is 6.89. The molecule has 0 aliphatic heterocycles. The van der Waals surface area contributed by atoms with Crippen LogP contribution < -0.4 is 21.9 Å². The third-order valence-electron chi connectivity index (χ3n) is 4.12. The first-order chi connectivity index (χ1) is 13.2. The summed E-state index contributed by atoms with van der Waals surface area (Å²) >= 11 is 0. The van der Waals surface area contributed by atoms with Crippen molar-refractivity contribution in [2.24, 2.45) is 22.2 Å². The Hall–Kier alpha value is -2.76. The van der Waals surface area contributed by atoms with Crippen molar-refractivity contribution >= 4 is 38.5 Å². The van der Waals surface area contributed by atoms with Crippen molar-refractivity contribution in [1.82, 2.24) is 9.71 Å². The van der Waals surface area contributed by atoms with E-state index >= 15 is 0 Å². The number of nitrogens with two attached hydrogens (primary N) is 3. The largest absolute Gasteiger partial charge is 0.480 e. The Balaban J connectivity index is 2.44. The van der Waals surface area contributed by atoms with E-state index < -0.39 is 22.0 Å². The van der Waals surface area contributed by atoms with Crippen LogP contribution >= 0.6 is 0 Å². The summed E-state index contributed by atoms with van der Waals surface area (Å²) in [5, 5.41) is 10.5. The van der Waals surface area contributed by atoms with Gasteiger partial charge in [0, 0.05) is 11.6 Å². The van der Waals surface area contributed by atoms with E-state index in [1.54, 1.807) is 12.3 Å². The second kappa shape index (κ2) is 8.95. The number of guanidine groups is 1. The number of pyridine rings is 1. The van der Waals surface area contributed by atoms with E-state index in [0.29, 0.717) is 24.8 Å². The van der Waals surface area contributed by atoms with Gasteiger partial charge in [0.1, 0.15) is 6.04 Å². The minimum absolute atomic E-state index is 0.107. The molecule has 2 aromatic rings. The summed E-state index contributed by atoms with van der Waals surface area (Å²) < 4.78 is 27.7. The van der Waals surface area contributed by atoms with Gasteiger partial charge in [-0.25, -0.2) is 13.4 Å². The van der Waals surface area contributed by atoms with Crippen molar-refractivity contribution in [3.63, 3.8) is 0 Å². The van der Waals surface area contributed by atoms with Gasteiger partial charge in [-0.05, 0) is 49.4 Å². The second-order valence-electron chi connectivity index (χ2n) is 6.31. The number of carboxylic acid groups (broad SMARTS) is 1. The summed E-state index contributed by atoms with van der Waals surface area (Å²) in [6.45, 7) is 2.22. The molecule has 1 heterocycles. The average molecular weight is 408 g/mol. The maximum Gasteiger partial charge on any atom is 0.321 e. The molecular formula is C17H24N6O4S. The molecule has 1 atom stereocenters. The molecule has 0 bridgehead atoms. The average Bonchev–Trinajstić information content (AvgIpc) is 2.62. The molecule has 11 heteroatoms. The third kappa shape index (κ3) is 5.15. The van der Waals surface area contributed by atoms with Gasteiger partial charge in [-0.2, -0.15) is 9.71 Å². The van der Waals surface area contributed by atoms with Gasteiger partial charge in [-0.1, -0.05) is 12.5 Å². The van der Waals surface area contributed by atoms with Crippen LogP contribution in [0.15, 0.2) is 34.3 Å². The number of nitrogens with zero attached hydrogens (tertiary/aromatic N) is 2. The quantitative estimate of drug-likeness (QED) is 0.223. The fourth-order valence-electron chi connectivity index (χ4n) is 2.71. The second-order valence-corrected chi connectivity index (χ2v) is 8.02. The standard InChI is InChI=1S/C17H24N6O4S/c1-10-9-21-15(22-17(19)20)13-8-11(5-6-12(10)13)28(26,27)23-14(16(24)25)4-2-3-7-18/h5-6,8-9,14,23H,2-4,7,18H2,1H3,(H,24,25)(H4,19,20,21,22). The normalized spacial score (nSPS) is 12.6. The monoisotopic (exact) mass is 408 g/mol. The molecule has 1 aromatic carbocycles. The van der Waals surface area contributed by atoms with Crippen molar-refractivity contribution in [1.29, 1.82) is 0 Å². The molecule has 1 aromatic heterocycles. The van der Waals surface area contributed by atoms with Gasteiger partial charge >= 0.3 is 5.97 Å². The van der Waals surface area contributed by atoms with Crippen LogP contribution in [0.3, 0.4) is 0 Å². The predicted molar refractivity (Wildman–Crippen MR) is 107 cm³/mol. The molecular weight excluding hydrogens is 384 g/mol. The van der Waals surface area contributed by atoms with Crippen molar-refractivity contribution in [2.75, 3.05) is 6.54 Å². The molecule has 28 heavy (non-hydrogen) atoms. The molecule has 0 saturated carbocycles. The first-order valence-electron chi connectivity index (χ1n) is 8.60. The number of sulfonamides is 1. The van der Waals surface area contributed by atoms with E-state index in [-0.39, 0.29) is 23.1 Å². The first-order valence-corrected chi connectivity index (χ1v) is 10.1. The number of aliphatic imine (C=N–C) groups is 1. The highest BCUT2D eigenvalue weighted by molar-refractivity contribution is 7.89. The highest BCUT2D eigenvalue weighted by Gasteiger charge is 2.25. The summed E-state index contributed by atoms with van der Waals surface area (Å²) in [5.74, 6) is -1.29. The summed E-state index contributed by atoms with van der Waals surface area (Å²) in [7, 11) is -4.09. The lowest BCUT2D eigenvalue weighted by atomic mass is 10.1. The van der Waals surface area contributed by atoms with E-state index in [2.05, 4.69) is 14.7 Å². The van der Waals surface area contributed by atoms with Crippen LogP contribution in [-0.2, 0) is 14.8 Å². The van der Waals surface area contributed by atoms with Gasteiger partial charge in [-0.3, -0.25) is 4.79 Å². The third-order valence-corrected chi connectivity index (χ3v) is 5.59. The van der Waals surface area contributed by atoms with E-state index in [1.165, 1.54) is 12.1 Å². The lowest BCUT2D eigenvalue weighted by Crippen LogP contribution is -2.40. The Morgan fingerprint density at radius 3 is 2.61 bits per heavy atom. The number of carbonyl (C=O) groups is 1. The van der Waals surface area contributed by atoms with E-state index in [4.69, 9.17) is 17.2 Å². The number of aliphatic carboxylic acids is 1. The van der Waals surface area contributed by atoms with Crippen LogP contribution in [0.1, 0.15) is 24.8 Å². The maximum absolute atomic E-state index is 12.7.